The van der Waals surface area contributed by atoms with Crippen molar-refractivity contribution in [1.29, 1.82) is 0 Å². The van der Waals surface area contributed by atoms with Gasteiger partial charge in [-0.15, -0.1) is 0 Å². The second kappa shape index (κ2) is 9.30. The maximum absolute atomic E-state index is 10.3. The largest absolute Gasteiger partial charge is 0.393 e. The number of allylic oxidation sites excluding steroid dienone is 4. The highest BCUT2D eigenvalue weighted by atomic mass is 16.3. The lowest BCUT2D eigenvalue weighted by molar-refractivity contribution is -0.0554. The molecule has 0 amide bonds. The summed E-state index contributed by atoms with van der Waals surface area (Å²) in [5.41, 5.74) is 3.34. The highest BCUT2D eigenvalue weighted by Gasteiger charge is 2.50. The van der Waals surface area contributed by atoms with Crippen LogP contribution in [0.1, 0.15) is 91.9 Å². The molecule has 3 aliphatic carbocycles. The minimum Gasteiger partial charge on any atom is -0.393 e. The Bertz CT molecular complexity index is 683. The third-order valence-electron chi connectivity index (χ3n) is 8.62. The average Bonchev–Trinajstić information content (AvgIpc) is 3.03. The summed E-state index contributed by atoms with van der Waals surface area (Å²) in [6.07, 6.45) is 14.1. The van der Waals surface area contributed by atoms with Crippen LogP contribution in [0.25, 0.3) is 0 Å². The molecule has 0 spiro atoms. The summed E-state index contributed by atoms with van der Waals surface area (Å²) < 4.78 is 0. The Morgan fingerprint density at radius 1 is 1.17 bits per heavy atom. The molecule has 3 aliphatic rings. The van der Waals surface area contributed by atoms with Crippen LogP contribution >= 0.6 is 0 Å². The maximum Gasteiger partial charge on any atom is 0.0849 e. The number of aliphatic hydroxyl groups is 3. The average molecular weight is 417 g/mol. The van der Waals surface area contributed by atoms with E-state index in [1.54, 1.807) is 19.4 Å². The first kappa shape index (κ1) is 23.8. The molecule has 6 atom stereocenters. The Morgan fingerprint density at radius 3 is 2.60 bits per heavy atom. The zero-order valence-electron chi connectivity index (χ0n) is 19.7. The maximum atomic E-state index is 10.3. The monoisotopic (exact) mass is 416 g/mol. The molecule has 3 heteroatoms. The number of aliphatic hydroxyl groups excluding tert-OH is 2. The van der Waals surface area contributed by atoms with Crippen molar-refractivity contribution in [2.45, 2.75) is 110 Å². The van der Waals surface area contributed by atoms with Gasteiger partial charge in [-0.2, -0.15) is 0 Å². The van der Waals surface area contributed by atoms with E-state index in [2.05, 4.69) is 32.6 Å². The Hall–Kier alpha value is -0.900. The summed E-state index contributed by atoms with van der Waals surface area (Å²) in [5.74, 6) is 1.89. The Kier molecular flexibility index (Phi) is 7.37. The van der Waals surface area contributed by atoms with Crippen molar-refractivity contribution in [3.63, 3.8) is 0 Å². The van der Waals surface area contributed by atoms with Crippen molar-refractivity contribution in [1.82, 2.24) is 0 Å². The van der Waals surface area contributed by atoms with Gasteiger partial charge in [-0.05, 0) is 107 Å². The lowest BCUT2D eigenvalue weighted by atomic mass is 9.60. The molecule has 3 fully saturated rings. The zero-order chi connectivity index (χ0) is 22.1. The van der Waals surface area contributed by atoms with Crippen LogP contribution in [0, 0.1) is 23.2 Å². The first-order valence-electron chi connectivity index (χ1n) is 12.2. The molecule has 3 rings (SSSR count). The van der Waals surface area contributed by atoms with Gasteiger partial charge in [0.25, 0.3) is 0 Å². The van der Waals surface area contributed by atoms with E-state index in [-0.39, 0.29) is 6.10 Å². The molecule has 0 aromatic rings. The third-order valence-corrected chi connectivity index (χ3v) is 8.62. The predicted molar refractivity (Wildman–Crippen MR) is 124 cm³/mol. The summed E-state index contributed by atoms with van der Waals surface area (Å²) in [5, 5.41) is 30.3. The number of hydrogen-bond acceptors (Lipinski definition) is 3. The summed E-state index contributed by atoms with van der Waals surface area (Å²) in [6.45, 7) is 12.5. The topological polar surface area (TPSA) is 60.7 Å². The van der Waals surface area contributed by atoms with E-state index in [0.717, 1.165) is 25.7 Å². The van der Waals surface area contributed by atoms with Crippen LogP contribution in [-0.2, 0) is 0 Å². The summed E-state index contributed by atoms with van der Waals surface area (Å²) in [6, 6.07) is 0. The van der Waals surface area contributed by atoms with E-state index in [9.17, 15) is 15.3 Å². The Balaban J connectivity index is 1.69. The van der Waals surface area contributed by atoms with Gasteiger partial charge in [0.2, 0.25) is 0 Å². The van der Waals surface area contributed by atoms with Gasteiger partial charge in [0.15, 0.2) is 0 Å². The van der Waals surface area contributed by atoms with E-state index in [1.807, 2.05) is 0 Å². The summed E-state index contributed by atoms with van der Waals surface area (Å²) in [4.78, 5) is 0. The van der Waals surface area contributed by atoms with Crippen molar-refractivity contribution in [2.24, 2.45) is 23.2 Å². The van der Waals surface area contributed by atoms with E-state index in [4.69, 9.17) is 0 Å². The highest BCUT2D eigenvalue weighted by molar-refractivity contribution is 5.36. The molecule has 0 bridgehead atoms. The molecule has 0 heterocycles. The normalized spacial score (nSPS) is 37.4. The van der Waals surface area contributed by atoms with Crippen molar-refractivity contribution in [2.75, 3.05) is 0 Å². The minimum atomic E-state index is -1.02. The lowest BCUT2D eigenvalue weighted by Gasteiger charge is -2.44. The smallest absolute Gasteiger partial charge is 0.0849 e. The summed E-state index contributed by atoms with van der Waals surface area (Å²) >= 11 is 0. The third kappa shape index (κ3) is 5.11. The van der Waals surface area contributed by atoms with E-state index in [0.29, 0.717) is 29.6 Å². The SMILES string of the molecule is C=C1CC[C@H](O)CC1=CC=C1CCC[C@]2(C)[C@@H]1CC[C@@H]2[C@H](C)CCC(O)C(C)(C)O. The molecular formula is C27H44O3. The number of rotatable bonds is 6. The van der Waals surface area contributed by atoms with Gasteiger partial charge in [-0.3, -0.25) is 0 Å². The van der Waals surface area contributed by atoms with Crippen molar-refractivity contribution >= 4 is 0 Å². The number of fused-ring (bicyclic) bond motifs is 1. The van der Waals surface area contributed by atoms with Gasteiger partial charge in [-0.25, -0.2) is 0 Å². The summed E-state index contributed by atoms with van der Waals surface area (Å²) in [7, 11) is 0. The van der Waals surface area contributed by atoms with Gasteiger partial charge < -0.3 is 15.3 Å². The van der Waals surface area contributed by atoms with E-state index in [1.165, 1.54) is 43.3 Å². The molecule has 1 unspecified atom stereocenters. The molecule has 0 aliphatic heterocycles. The standard InChI is InChI=1S/C27H44O3/c1-18-8-12-22(28)17-21(18)11-10-20-7-6-16-27(5)23(13-14-24(20)27)19(2)9-15-25(29)26(3,4)30/h10-11,19,22-25,28-30H,1,6-9,12-17H2,2-5H3/t19-,22+,23-,24-,25?,27+/m1/s1. The molecule has 0 aromatic heterocycles. The van der Waals surface area contributed by atoms with Crippen molar-refractivity contribution in [3.8, 4) is 0 Å². The van der Waals surface area contributed by atoms with E-state index < -0.39 is 11.7 Å². The van der Waals surface area contributed by atoms with Crippen LogP contribution in [-0.4, -0.2) is 33.1 Å². The van der Waals surface area contributed by atoms with Gasteiger partial charge in [0.05, 0.1) is 17.8 Å². The van der Waals surface area contributed by atoms with Crippen LogP contribution in [0.5, 0.6) is 0 Å². The fourth-order valence-electron chi connectivity index (χ4n) is 6.58. The second-order valence-corrected chi connectivity index (χ2v) is 11.3. The number of hydrogen-bond donors (Lipinski definition) is 3. The molecule has 0 aromatic carbocycles. The van der Waals surface area contributed by atoms with Crippen LogP contribution in [0.2, 0.25) is 0 Å². The highest BCUT2D eigenvalue weighted by Crippen LogP contribution is 2.60. The molecule has 0 saturated heterocycles. The molecular weight excluding hydrogens is 372 g/mol. The fraction of sp³-hybridized carbons (Fsp3) is 0.778. The van der Waals surface area contributed by atoms with Gasteiger partial charge in [-0.1, -0.05) is 43.7 Å². The van der Waals surface area contributed by atoms with E-state index >= 15 is 0 Å². The molecule has 30 heavy (non-hydrogen) atoms. The van der Waals surface area contributed by atoms with Crippen LogP contribution in [0.3, 0.4) is 0 Å². The molecule has 3 N–H and O–H groups in total. The molecule has 3 saturated carbocycles. The zero-order valence-corrected chi connectivity index (χ0v) is 19.7. The predicted octanol–water partition coefficient (Wildman–Crippen LogP) is 5.70. The van der Waals surface area contributed by atoms with Crippen LogP contribution in [0.4, 0.5) is 0 Å². The molecule has 170 valence electrons. The van der Waals surface area contributed by atoms with Crippen LogP contribution in [0.15, 0.2) is 35.5 Å². The Morgan fingerprint density at radius 2 is 1.90 bits per heavy atom. The first-order chi connectivity index (χ1) is 14.0. The van der Waals surface area contributed by atoms with Gasteiger partial charge in [0.1, 0.15) is 0 Å². The van der Waals surface area contributed by atoms with Gasteiger partial charge >= 0.3 is 0 Å². The molecule has 0 radical (unpaired) electrons. The van der Waals surface area contributed by atoms with Crippen LogP contribution < -0.4 is 0 Å². The van der Waals surface area contributed by atoms with Gasteiger partial charge in [0, 0.05) is 0 Å². The lowest BCUT2D eigenvalue weighted by Crippen LogP contribution is -2.38. The quantitative estimate of drug-likeness (QED) is 0.520. The Labute approximate surface area is 184 Å². The van der Waals surface area contributed by atoms with Crippen molar-refractivity contribution in [3.05, 3.63) is 35.5 Å². The second-order valence-electron chi connectivity index (χ2n) is 11.3. The fourth-order valence-corrected chi connectivity index (χ4v) is 6.58. The molecule has 3 nitrogen and oxygen atoms in total. The first-order valence-corrected chi connectivity index (χ1v) is 12.2. The van der Waals surface area contributed by atoms with Crippen molar-refractivity contribution < 1.29 is 15.3 Å². The minimum absolute atomic E-state index is 0.215.